The molecule has 3 amide bonds. The molecule has 0 bridgehead atoms. The molecule has 12 heteroatoms. The van der Waals surface area contributed by atoms with Crippen LogP contribution >= 0.6 is 0 Å². The lowest BCUT2D eigenvalue weighted by atomic mass is 9.95. The van der Waals surface area contributed by atoms with Gasteiger partial charge in [0.15, 0.2) is 18.3 Å². The molecule has 1 saturated heterocycles. The van der Waals surface area contributed by atoms with E-state index in [1.807, 2.05) is 20.8 Å². The van der Waals surface area contributed by atoms with Crippen molar-refractivity contribution in [3.8, 4) is 0 Å². The summed E-state index contributed by atoms with van der Waals surface area (Å²) < 4.78 is 17.8. The van der Waals surface area contributed by atoms with Gasteiger partial charge in [-0.1, -0.05) is 83.1 Å². The minimum atomic E-state index is -1.27. The Balaban J connectivity index is 4.04. The molecule has 0 aromatic carbocycles. The van der Waals surface area contributed by atoms with Crippen molar-refractivity contribution in [2.24, 2.45) is 35.5 Å². The number of hydrogen-bond acceptors (Lipinski definition) is 9. The maximum Gasteiger partial charge on any atom is 0.329 e. The molecule has 0 aromatic rings. The molecule has 1 aliphatic heterocycles. The molecule has 0 N–H and O–H groups in total. The first-order valence-electron chi connectivity index (χ1n) is 17.6. The van der Waals surface area contributed by atoms with Crippen LogP contribution in [0.4, 0.5) is 0 Å². The third-order valence-electron chi connectivity index (χ3n) is 9.86. The van der Waals surface area contributed by atoms with Crippen LogP contribution in [0.15, 0.2) is 0 Å². The maximum absolute atomic E-state index is 14.1. The van der Waals surface area contributed by atoms with Gasteiger partial charge < -0.3 is 28.9 Å². The second kappa shape index (κ2) is 18.5. The molecule has 1 aliphatic rings. The highest BCUT2D eigenvalue weighted by Crippen LogP contribution is 2.27. The van der Waals surface area contributed by atoms with Crippen molar-refractivity contribution < 1.29 is 43.0 Å². The zero-order valence-corrected chi connectivity index (χ0v) is 32.1. The van der Waals surface area contributed by atoms with Crippen molar-refractivity contribution in [3.05, 3.63) is 0 Å². The number of likely N-dealkylation sites (N-methyl/N-ethyl adjacent to an activating group) is 3. The summed E-state index contributed by atoms with van der Waals surface area (Å²) in [4.78, 5) is 87.8. The van der Waals surface area contributed by atoms with Gasteiger partial charge in [0, 0.05) is 38.9 Å². The van der Waals surface area contributed by atoms with Crippen molar-refractivity contribution in [3.63, 3.8) is 0 Å². The molecule has 12 nitrogen and oxygen atoms in total. The highest BCUT2D eigenvalue weighted by Gasteiger charge is 2.45. The van der Waals surface area contributed by atoms with E-state index in [1.54, 1.807) is 62.3 Å². The lowest BCUT2D eigenvalue weighted by Gasteiger charge is -2.39. The standard InChI is InChI=1S/C36H63N3O9/c1-16-22(10)28-31(40)37(13)26(20(6)7)35(44)47-30(24(12)18-3)33(42)39(15)27(21(8)9)36(45)48-29(23(11)17-2)32(41)38(14)25(19(4)5)34(43)46-28/h19-30H,16-18H2,1-15H3/t22?,23?,24?,25-,26-,27-,28+,29+,30+/m0/s1. The van der Waals surface area contributed by atoms with E-state index in [1.165, 1.54) is 35.8 Å². The van der Waals surface area contributed by atoms with Crippen LogP contribution < -0.4 is 0 Å². The van der Waals surface area contributed by atoms with E-state index >= 15 is 0 Å². The summed E-state index contributed by atoms with van der Waals surface area (Å²) in [5.74, 6) is -6.73. The molecule has 48 heavy (non-hydrogen) atoms. The average molecular weight is 682 g/mol. The van der Waals surface area contributed by atoms with Gasteiger partial charge in [0.2, 0.25) is 0 Å². The Bertz CT molecular complexity index is 1000. The van der Waals surface area contributed by atoms with Gasteiger partial charge in [-0.15, -0.1) is 0 Å². The van der Waals surface area contributed by atoms with E-state index in [9.17, 15) is 28.8 Å². The Hall–Kier alpha value is -3.18. The number of ether oxygens (including phenoxy) is 3. The molecule has 1 fully saturated rings. The van der Waals surface area contributed by atoms with Crippen LogP contribution in [-0.2, 0) is 43.0 Å². The van der Waals surface area contributed by atoms with E-state index in [0.717, 1.165) is 0 Å². The molecule has 276 valence electrons. The fourth-order valence-electron chi connectivity index (χ4n) is 6.10. The predicted molar refractivity (Wildman–Crippen MR) is 182 cm³/mol. The van der Waals surface area contributed by atoms with Gasteiger partial charge >= 0.3 is 17.9 Å². The summed E-state index contributed by atoms with van der Waals surface area (Å²) in [5, 5.41) is 0. The average Bonchev–Trinajstić information content (AvgIpc) is 3.01. The molecule has 0 aliphatic carbocycles. The fourth-order valence-corrected chi connectivity index (χ4v) is 6.10. The lowest BCUT2D eigenvalue weighted by Crippen LogP contribution is -2.58. The Kier molecular flexibility index (Phi) is 16.6. The van der Waals surface area contributed by atoms with E-state index in [0.29, 0.717) is 19.3 Å². The number of amides is 3. The maximum atomic E-state index is 14.1. The number of nitrogens with zero attached hydrogens (tertiary/aromatic N) is 3. The molecule has 0 saturated carbocycles. The minimum absolute atomic E-state index is 0.432. The molecule has 0 spiro atoms. The number of carbonyl (C=O) groups excluding carboxylic acids is 6. The summed E-state index contributed by atoms with van der Waals surface area (Å²) in [6, 6.07) is -3.34. The van der Waals surface area contributed by atoms with Gasteiger partial charge in [-0.25, -0.2) is 14.4 Å². The number of rotatable bonds is 9. The summed E-state index contributed by atoms with van der Waals surface area (Å²) >= 11 is 0. The third-order valence-corrected chi connectivity index (χ3v) is 9.86. The molecule has 1 heterocycles. The van der Waals surface area contributed by atoms with Gasteiger partial charge in [0.1, 0.15) is 18.1 Å². The molecule has 9 atom stereocenters. The van der Waals surface area contributed by atoms with Crippen LogP contribution in [0.1, 0.15) is 102 Å². The van der Waals surface area contributed by atoms with Gasteiger partial charge in [-0.05, 0) is 37.0 Å². The first kappa shape index (κ1) is 42.8. The van der Waals surface area contributed by atoms with Gasteiger partial charge in [-0.2, -0.15) is 0 Å². The molecule has 0 radical (unpaired) electrons. The Morgan fingerprint density at radius 3 is 0.771 bits per heavy atom. The number of cyclic esters (lactones) is 3. The normalized spacial score (nSPS) is 28.2. The van der Waals surface area contributed by atoms with Crippen molar-refractivity contribution in [2.45, 2.75) is 139 Å². The minimum Gasteiger partial charge on any atom is -0.450 e. The second-order valence-electron chi connectivity index (χ2n) is 14.6. The number of carbonyl (C=O) groups is 6. The van der Waals surface area contributed by atoms with E-state index in [4.69, 9.17) is 14.2 Å². The highest BCUT2D eigenvalue weighted by molar-refractivity contribution is 5.94. The molecular formula is C36H63N3O9. The van der Waals surface area contributed by atoms with Crippen LogP contribution in [0.5, 0.6) is 0 Å². The SMILES string of the molecule is CCC(C)[C@H]1OC(=O)[C@H](C(C)C)N(C)C(=O)[C@@H](C(C)CC)OC(=O)[C@H](C(C)C)N(C)C(=O)[C@@H](C(C)CC)OC(=O)[C@H](C(C)C)N(C)C1=O. The largest absolute Gasteiger partial charge is 0.450 e. The molecule has 1 rings (SSSR count). The Morgan fingerprint density at radius 2 is 0.625 bits per heavy atom. The first-order valence-corrected chi connectivity index (χ1v) is 17.6. The van der Waals surface area contributed by atoms with E-state index in [-0.39, 0.29) is 0 Å². The summed E-state index contributed by atoms with van der Waals surface area (Å²) in [6.07, 6.45) is -2.35. The Morgan fingerprint density at radius 1 is 0.438 bits per heavy atom. The van der Waals surface area contributed by atoms with E-state index in [2.05, 4.69) is 0 Å². The first-order chi connectivity index (χ1) is 22.2. The van der Waals surface area contributed by atoms with Crippen LogP contribution in [0.2, 0.25) is 0 Å². The van der Waals surface area contributed by atoms with Crippen molar-refractivity contribution in [2.75, 3.05) is 21.1 Å². The predicted octanol–water partition coefficient (Wildman–Crippen LogP) is 4.32. The second-order valence-corrected chi connectivity index (χ2v) is 14.6. The van der Waals surface area contributed by atoms with Crippen LogP contribution in [0.3, 0.4) is 0 Å². The number of hydrogen-bond donors (Lipinski definition) is 0. The van der Waals surface area contributed by atoms with Crippen molar-refractivity contribution in [1.29, 1.82) is 0 Å². The monoisotopic (exact) mass is 681 g/mol. The zero-order valence-electron chi connectivity index (χ0n) is 32.1. The summed E-state index contributed by atoms with van der Waals surface area (Å²) in [7, 11) is 4.37. The highest BCUT2D eigenvalue weighted by atomic mass is 16.6. The molecule has 0 aromatic heterocycles. The van der Waals surface area contributed by atoms with E-state index < -0.39 is 108 Å². The zero-order chi connectivity index (χ0) is 37.4. The number of esters is 3. The summed E-state index contributed by atoms with van der Waals surface area (Å²) in [6.45, 7) is 21.4. The van der Waals surface area contributed by atoms with Gasteiger partial charge in [0.05, 0.1) is 0 Å². The fraction of sp³-hybridized carbons (Fsp3) is 0.833. The molecule has 3 unspecified atom stereocenters. The lowest BCUT2D eigenvalue weighted by molar-refractivity contribution is -0.182. The quantitative estimate of drug-likeness (QED) is 0.257. The topological polar surface area (TPSA) is 140 Å². The summed E-state index contributed by atoms with van der Waals surface area (Å²) in [5.41, 5.74) is 0. The molecular weight excluding hydrogens is 618 g/mol. The third kappa shape index (κ3) is 9.94. The van der Waals surface area contributed by atoms with Gasteiger partial charge in [-0.3, -0.25) is 14.4 Å². The smallest absolute Gasteiger partial charge is 0.329 e. The van der Waals surface area contributed by atoms with Crippen LogP contribution in [0, 0.1) is 35.5 Å². The van der Waals surface area contributed by atoms with Crippen LogP contribution in [0.25, 0.3) is 0 Å². The van der Waals surface area contributed by atoms with Crippen LogP contribution in [-0.4, -0.2) is 108 Å². The van der Waals surface area contributed by atoms with Gasteiger partial charge in [0.25, 0.3) is 17.7 Å². The van der Waals surface area contributed by atoms with Crippen molar-refractivity contribution in [1.82, 2.24) is 14.7 Å². The Labute approximate surface area is 288 Å². The van der Waals surface area contributed by atoms with Crippen molar-refractivity contribution >= 4 is 35.6 Å².